The number of ether oxygens (including phenoxy) is 2. The van der Waals surface area contributed by atoms with Gasteiger partial charge in [0.1, 0.15) is 11.5 Å². The largest absolute Gasteiger partial charge is 0.493 e. The highest BCUT2D eigenvalue weighted by molar-refractivity contribution is 5.41. The molecular weight excluding hydrogens is 580 g/mol. The summed E-state index contributed by atoms with van der Waals surface area (Å²) >= 11 is 0. The number of hydrogen-bond donors (Lipinski definition) is 4. The van der Waals surface area contributed by atoms with E-state index >= 15 is 0 Å². The van der Waals surface area contributed by atoms with E-state index in [1.807, 2.05) is 0 Å². The number of aromatic nitrogens is 4. The predicted molar refractivity (Wildman–Crippen MR) is 190 cm³/mol. The van der Waals surface area contributed by atoms with Crippen molar-refractivity contribution in [1.29, 1.82) is 0 Å². The van der Waals surface area contributed by atoms with Gasteiger partial charge in [0.15, 0.2) is 0 Å². The predicted octanol–water partition coefficient (Wildman–Crippen LogP) is 10.1. The number of H-pyrrole nitrogens is 4. The van der Waals surface area contributed by atoms with E-state index in [0.717, 1.165) is 62.9 Å². The average Bonchev–Trinajstić information content (AvgIpc) is 3.86. The van der Waals surface area contributed by atoms with Crippen LogP contribution in [0, 0.1) is 6.92 Å². The van der Waals surface area contributed by atoms with Crippen molar-refractivity contribution in [2.24, 2.45) is 0 Å². The molecule has 8 rings (SSSR count). The van der Waals surface area contributed by atoms with Crippen molar-refractivity contribution in [3.8, 4) is 11.5 Å². The van der Waals surface area contributed by atoms with Gasteiger partial charge in [-0.2, -0.15) is 0 Å². The molecule has 6 heteroatoms. The summed E-state index contributed by atoms with van der Waals surface area (Å²) in [4.78, 5) is 15.7. The summed E-state index contributed by atoms with van der Waals surface area (Å²) in [6.07, 6.45) is 8.62. The molecule has 3 aliphatic heterocycles. The van der Waals surface area contributed by atoms with Crippen molar-refractivity contribution in [2.75, 3.05) is 13.2 Å². The van der Waals surface area contributed by atoms with Crippen molar-refractivity contribution in [2.45, 2.75) is 109 Å². The highest BCUT2D eigenvalue weighted by Gasteiger charge is 2.32. The van der Waals surface area contributed by atoms with E-state index in [0.29, 0.717) is 13.2 Å². The second-order valence-electron chi connectivity index (χ2n) is 15.0. The van der Waals surface area contributed by atoms with Crippen LogP contribution in [0.4, 0.5) is 0 Å². The standard InChI is InChI=1S/C41H52N4O2/c1-27-24-28-26-29(25-27)47-23-11-7-9-13-31-33-15-19-37(43-33)40(2,3)36-18-14-32(42-36)30(12-8-6-10-22-46-28)34-16-20-38(44-34)41(4,5)39-21-17-35(31)45-39/h14-21,24-26,30-31,42-45H,6-13,22-23H2,1-5H3. The molecule has 0 spiro atoms. The van der Waals surface area contributed by atoms with Crippen LogP contribution in [-0.2, 0) is 10.8 Å². The Morgan fingerprint density at radius 3 is 1.21 bits per heavy atom. The maximum atomic E-state index is 6.22. The van der Waals surface area contributed by atoms with Crippen LogP contribution in [0.2, 0.25) is 0 Å². The molecule has 0 aliphatic carbocycles. The van der Waals surface area contributed by atoms with Gasteiger partial charge >= 0.3 is 0 Å². The zero-order valence-electron chi connectivity index (χ0n) is 28.9. The highest BCUT2D eigenvalue weighted by Crippen LogP contribution is 2.40. The molecular formula is C41H52N4O2. The van der Waals surface area contributed by atoms with E-state index in [1.165, 1.54) is 51.1 Å². The quantitative estimate of drug-likeness (QED) is 0.137. The van der Waals surface area contributed by atoms with E-state index in [1.54, 1.807) is 0 Å². The van der Waals surface area contributed by atoms with Crippen molar-refractivity contribution >= 4 is 0 Å². The van der Waals surface area contributed by atoms with E-state index in [2.05, 4.69) is 121 Å². The fourth-order valence-corrected chi connectivity index (χ4v) is 7.68. The van der Waals surface area contributed by atoms with Crippen LogP contribution in [0.5, 0.6) is 11.5 Å². The highest BCUT2D eigenvalue weighted by atomic mass is 16.5. The number of nitrogens with one attached hydrogen (secondary N) is 4. The second-order valence-corrected chi connectivity index (χ2v) is 15.0. The number of aromatic amines is 4. The third-order valence-corrected chi connectivity index (χ3v) is 10.9. The van der Waals surface area contributed by atoms with Gasteiger partial charge < -0.3 is 29.4 Å². The normalized spacial score (nSPS) is 21.6. The molecule has 0 fully saturated rings. The molecule has 0 atom stereocenters. The molecule has 0 unspecified atom stereocenters. The fraction of sp³-hybridized carbons (Fsp3) is 0.463. The molecule has 248 valence electrons. The van der Waals surface area contributed by atoms with Crippen molar-refractivity contribution in [3.05, 3.63) is 118 Å². The van der Waals surface area contributed by atoms with Gasteiger partial charge in [-0.05, 0) is 127 Å². The Labute approximate surface area is 280 Å². The first-order chi connectivity index (χ1) is 22.7. The summed E-state index contributed by atoms with van der Waals surface area (Å²) in [7, 11) is 0. The lowest BCUT2D eigenvalue weighted by molar-refractivity contribution is 0.289. The molecule has 0 amide bonds. The van der Waals surface area contributed by atoms with Crippen molar-refractivity contribution in [1.82, 2.24) is 19.9 Å². The number of hydrogen-bond acceptors (Lipinski definition) is 2. The molecule has 47 heavy (non-hydrogen) atoms. The topological polar surface area (TPSA) is 81.6 Å². The van der Waals surface area contributed by atoms with Gasteiger partial charge in [-0.25, -0.2) is 0 Å². The van der Waals surface area contributed by atoms with Crippen molar-refractivity contribution < 1.29 is 9.47 Å². The first kappa shape index (κ1) is 31.5. The lowest BCUT2D eigenvalue weighted by Crippen LogP contribution is -2.21. The fourth-order valence-electron chi connectivity index (χ4n) is 7.68. The number of fused-ring (bicyclic) bond motifs is 10. The Morgan fingerprint density at radius 2 is 0.851 bits per heavy atom. The summed E-state index contributed by atoms with van der Waals surface area (Å²) in [6, 6.07) is 24.8. The van der Waals surface area contributed by atoms with Crippen LogP contribution in [0.25, 0.3) is 0 Å². The minimum Gasteiger partial charge on any atom is -0.493 e. The molecule has 4 N–H and O–H groups in total. The zero-order valence-corrected chi connectivity index (χ0v) is 28.9. The minimum absolute atomic E-state index is 0.191. The van der Waals surface area contributed by atoms with Crippen LogP contribution in [0.1, 0.15) is 142 Å². The molecule has 5 aromatic rings. The van der Waals surface area contributed by atoms with Gasteiger partial charge in [-0.1, -0.05) is 25.7 Å². The van der Waals surface area contributed by atoms with Crippen molar-refractivity contribution in [3.63, 3.8) is 0 Å². The van der Waals surface area contributed by atoms with Gasteiger partial charge in [-0.3, -0.25) is 0 Å². The molecule has 0 radical (unpaired) electrons. The molecule has 6 nitrogen and oxygen atoms in total. The number of aryl methyl sites for hydroxylation is 1. The van der Waals surface area contributed by atoms with E-state index in [-0.39, 0.29) is 22.7 Å². The molecule has 3 aliphatic rings. The lowest BCUT2D eigenvalue weighted by Gasteiger charge is -2.25. The second kappa shape index (κ2) is 12.9. The molecule has 0 saturated carbocycles. The van der Waals surface area contributed by atoms with Crippen LogP contribution in [0.15, 0.2) is 66.7 Å². The van der Waals surface area contributed by atoms with Gasteiger partial charge in [-0.15, -0.1) is 0 Å². The Balaban J connectivity index is 1.28. The van der Waals surface area contributed by atoms with E-state index in [4.69, 9.17) is 9.47 Å². The Bertz CT molecular complexity index is 1580. The Kier molecular flexibility index (Phi) is 8.63. The smallest absolute Gasteiger partial charge is 0.123 e. The molecule has 1 aromatic carbocycles. The number of rotatable bonds is 0. The first-order valence-electron chi connectivity index (χ1n) is 17.8. The van der Waals surface area contributed by atoms with E-state index in [9.17, 15) is 0 Å². The van der Waals surface area contributed by atoms with Crippen LogP contribution in [0.3, 0.4) is 0 Å². The molecule has 12 bridgehead atoms. The Morgan fingerprint density at radius 1 is 0.489 bits per heavy atom. The maximum Gasteiger partial charge on any atom is 0.123 e. The Hall–Kier alpha value is -4.06. The van der Waals surface area contributed by atoms with Gasteiger partial charge in [0.05, 0.1) is 13.2 Å². The molecule has 4 aromatic heterocycles. The number of benzene rings is 1. The van der Waals surface area contributed by atoms with Crippen LogP contribution < -0.4 is 9.47 Å². The summed E-state index contributed by atoms with van der Waals surface area (Å²) in [5, 5.41) is 0. The van der Waals surface area contributed by atoms with Crippen LogP contribution >= 0.6 is 0 Å². The minimum atomic E-state index is -0.191. The summed E-state index contributed by atoms with van der Waals surface area (Å²) < 4.78 is 12.4. The summed E-state index contributed by atoms with van der Waals surface area (Å²) in [5.41, 5.74) is 10.8. The molecule has 7 heterocycles. The monoisotopic (exact) mass is 632 g/mol. The third kappa shape index (κ3) is 6.44. The average molecular weight is 633 g/mol. The van der Waals surface area contributed by atoms with Crippen LogP contribution in [-0.4, -0.2) is 33.1 Å². The van der Waals surface area contributed by atoms with Gasteiger partial charge in [0.25, 0.3) is 0 Å². The zero-order chi connectivity index (χ0) is 32.6. The third-order valence-electron chi connectivity index (χ3n) is 10.9. The maximum absolute atomic E-state index is 6.22. The van der Waals surface area contributed by atoms with Gasteiger partial charge in [0.2, 0.25) is 0 Å². The first-order valence-corrected chi connectivity index (χ1v) is 17.8. The van der Waals surface area contributed by atoms with Gasteiger partial charge in [0, 0.05) is 74.3 Å². The molecule has 0 saturated heterocycles. The SMILES string of the molecule is Cc1cc2cc(c1)OCCCCCC1c3ccc([nH]3)C(C)(C)c3ccc([nH]3)C(CCCCCO2)c2ccc([nH]2)C(C)(C)c2ccc1[nH]2. The summed E-state index contributed by atoms with van der Waals surface area (Å²) in [5.74, 6) is 2.32. The van der Waals surface area contributed by atoms with E-state index < -0.39 is 0 Å². The lowest BCUT2D eigenvalue weighted by atomic mass is 9.86. The summed E-state index contributed by atoms with van der Waals surface area (Å²) in [6.45, 7) is 12.9.